The molecule has 5 rings (SSSR count). The lowest BCUT2D eigenvalue weighted by Crippen LogP contribution is -2.27. The minimum atomic E-state index is 0.511. The average molecular weight is 403 g/mol. The van der Waals surface area contributed by atoms with E-state index in [2.05, 4.69) is 61.9 Å². The molecule has 3 atom stereocenters. The molecule has 30 heavy (non-hydrogen) atoms. The fourth-order valence-electron chi connectivity index (χ4n) is 5.24. The number of aryl methyl sites for hydroxylation is 2. The Kier molecular flexibility index (Phi) is 5.25. The van der Waals surface area contributed by atoms with E-state index < -0.39 is 0 Å². The molecule has 2 aromatic heterocycles. The Morgan fingerprint density at radius 3 is 2.40 bits per heavy atom. The summed E-state index contributed by atoms with van der Waals surface area (Å²) in [5.41, 5.74) is 4.34. The number of likely N-dealkylation sites (tertiary alicyclic amines) is 1. The molecule has 6 nitrogen and oxygen atoms in total. The van der Waals surface area contributed by atoms with E-state index in [0.29, 0.717) is 6.04 Å². The molecule has 3 aromatic rings. The van der Waals surface area contributed by atoms with Crippen molar-refractivity contribution >= 4 is 5.82 Å². The fraction of sp³-hybridized carbons (Fsp3) is 0.458. The first-order valence-electron chi connectivity index (χ1n) is 11.0. The molecule has 1 saturated heterocycles. The maximum Gasteiger partial charge on any atom is 0.148 e. The van der Waals surface area contributed by atoms with Gasteiger partial charge in [-0.15, -0.1) is 10.2 Å². The van der Waals surface area contributed by atoms with Gasteiger partial charge in [-0.2, -0.15) is 5.10 Å². The second-order valence-corrected chi connectivity index (χ2v) is 8.93. The summed E-state index contributed by atoms with van der Waals surface area (Å²) in [6.07, 6.45) is 5.61. The van der Waals surface area contributed by atoms with Crippen molar-refractivity contribution in [3.05, 3.63) is 59.9 Å². The van der Waals surface area contributed by atoms with E-state index in [9.17, 15) is 0 Å². The number of nitrogens with zero attached hydrogens (tertiary/aromatic N) is 5. The van der Waals surface area contributed by atoms with Gasteiger partial charge < -0.3 is 10.2 Å². The minimum absolute atomic E-state index is 0.511. The van der Waals surface area contributed by atoms with Crippen molar-refractivity contribution in [1.29, 1.82) is 0 Å². The van der Waals surface area contributed by atoms with E-state index in [0.717, 1.165) is 41.0 Å². The molecule has 2 aliphatic rings. The van der Waals surface area contributed by atoms with Gasteiger partial charge in [-0.1, -0.05) is 30.3 Å². The normalized spacial score (nSPS) is 23.6. The SMILES string of the molecule is Cc1nn(C)cc1-c1ccc(N[C@H]2C[C@@H]3CN(CCc4ccccc4)C[C@@H]3C2)nn1. The number of fused-ring (bicyclic) bond motifs is 1. The first-order valence-corrected chi connectivity index (χ1v) is 11.0. The topological polar surface area (TPSA) is 58.9 Å². The maximum absolute atomic E-state index is 4.43. The Bertz CT molecular complexity index is 967. The Morgan fingerprint density at radius 2 is 1.77 bits per heavy atom. The first kappa shape index (κ1) is 19.2. The van der Waals surface area contributed by atoms with E-state index in [1.165, 1.54) is 38.0 Å². The molecule has 2 fully saturated rings. The molecule has 1 aromatic carbocycles. The quantitative estimate of drug-likeness (QED) is 0.683. The third kappa shape index (κ3) is 4.10. The lowest BCUT2D eigenvalue weighted by atomic mass is 10.0. The summed E-state index contributed by atoms with van der Waals surface area (Å²) >= 11 is 0. The molecule has 0 amide bonds. The monoisotopic (exact) mass is 402 g/mol. The lowest BCUT2D eigenvalue weighted by molar-refractivity contribution is 0.312. The third-order valence-corrected chi connectivity index (χ3v) is 6.69. The molecule has 1 aliphatic heterocycles. The summed E-state index contributed by atoms with van der Waals surface area (Å²) in [7, 11) is 1.93. The summed E-state index contributed by atoms with van der Waals surface area (Å²) in [6.45, 7) is 5.65. The molecular formula is C24H30N6. The van der Waals surface area contributed by atoms with Gasteiger partial charge in [-0.25, -0.2) is 0 Å². The Labute approximate surface area is 178 Å². The van der Waals surface area contributed by atoms with Crippen LogP contribution in [0.15, 0.2) is 48.7 Å². The van der Waals surface area contributed by atoms with Gasteiger partial charge in [0.25, 0.3) is 0 Å². The molecule has 3 heterocycles. The van der Waals surface area contributed by atoms with Crippen molar-refractivity contribution in [2.75, 3.05) is 25.0 Å². The second-order valence-electron chi connectivity index (χ2n) is 8.93. The second kappa shape index (κ2) is 8.19. The van der Waals surface area contributed by atoms with Gasteiger partial charge in [-0.3, -0.25) is 4.68 Å². The standard InChI is InChI=1S/C24H30N6/c1-17-22(16-29(2)28-17)23-8-9-24(27-26-23)25-21-12-19-14-30(15-20(19)13-21)11-10-18-6-4-3-5-7-18/h3-9,16,19-21H,10-15H2,1-2H3,(H,25,27)/t19-,20+,21+. The number of anilines is 1. The molecular weight excluding hydrogens is 372 g/mol. The van der Waals surface area contributed by atoms with Gasteiger partial charge in [0.05, 0.1) is 11.4 Å². The van der Waals surface area contributed by atoms with Gasteiger partial charge in [0.2, 0.25) is 0 Å². The molecule has 0 bridgehead atoms. The minimum Gasteiger partial charge on any atom is -0.366 e. The average Bonchev–Trinajstić information content (AvgIpc) is 3.40. The highest BCUT2D eigenvalue weighted by atomic mass is 15.3. The van der Waals surface area contributed by atoms with Crippen molar-refractivity contribution in [2.45, 2.75) is 32.2 Å². The molecule has 6 heteroatoms. The van der Waals surface area contributed by atoms with E-state index in [1.807, 2.05) is 30.9 Å². The van der Waals surface area contributed by atoms with Crippen LogP contribution in [0.4, 0.5) is 5.82 Å². The molecule has 156 valence electrons. The van der Waals surface area contributed by atoms with Crippen molar-refractivity contribution in [3.63, 3.8) is 0 Å². The van der Waals surface area contributed by atoms with Crippen molar-refractivity contribution in [1.82, 2.24) is 24.9 Å². The van der Waals surface area contributed by atoms with Crippen LogP contribution in [-0.4, -0.2) is 50.6 Å². The Balaban J connectivity index is 1.12. The summed E-state index contributed by atoms with van der Waals surface area (Å²) in [5, 5.41) is 16.9. The summed E-state index contributed by atoms with van der Waals surface area (Å²) in [5.74, 6) is 2.50. The number of hydrogen-bond donors (Lipinski definition) is 1. The molecule has 1 N–H and O–H groups in total. The van der Waals surface area contributed by atoms with E-state index in [4.69, 9.17) is 0 Å². The van der Waals surface area contributed by atoms with Crippen LogP contribution in [0, 0.1) is 18.8 Å². The smallest absolute Gasteiger partial charge is 0.148 e. The van der Waals surface area contributed by atoms with Gasteiger partial charge in [-0.05, 0) is 55.7 Å². The highest BCUT2D eigenvalue weighted by Crippen LogP contribution is 2.39. The van der Waals surface area contributed by atoms with Gasteiger partial charge in [0.1, 0.15) is 5.82 Å². The van der Waals surface area contributed by atoms with Crippen LogP contribution < -0.4 is 5.32 Å². The number of nitrogens with one attached hydrogen (secondary N) is 1. The van der Waals surface area contributed by atoms with Crippen molar-refractivity contribution in [2.24, 2.45) is 18.9 Å². The number of aromatic nitrogens is 4. The zero-order valence-corrected chi connectivity index (χ0v) is 17.8. The predicted molar refractivity (Wildman–Crippen MR) is 119 cm³/mol. The largest absolute Gasteiger partial charge is 0.366 e. The van der Waals surface area contributed by atoms with Crippen molar-refractivity contribution < 1.29 is 0 Å². The van der Waals surface area contributed by atoms with Crippen LogP contribution in [-0.2, 0) is 13.5 Å². The van der Waals surface area contributed by atoms with Crippen LogP contribution in [0.25, 0.3) is 11.3 Å². The zero-order chi connectivity index (χ0) is 20.5. The van der Waals surface area contributed by atoms with Crippen molar-refractivity contribution in [3.8, 4) is 11.3 Å². The van der Waals surface area contributed by atoms with E-state index in [-0.39, 0.29) is 0 Å². The first-order chi connectivity index (χ1) is 14.6. The highest BCUT2D eigenvalue weighted by Gasteiger charge is 2.40. The molecule has 0 spiro atoms. The Morgan fingerprint density at radius 1 is 1.00 bits per heavy atom. The number of rotatable bonds is 6. The summed E-state index contributed by atoms with van der Waals surface area (Å²) < 4.78 is 1.82. The zero-order valence-electron chi connectivity index (χ0n) is 17.8. The molecule has 1 saturated carbocycles. The van der Waals surface area contributed by atoms with Gasteiger partial charge in [0, 0.05) is 44.5 Å². The van der Waals surface area contributed by atoms with Crippen LogP contribution in [0.3, 0.4) is 0 Å². The van der Waals surface area contributed by atoms with Crippen LogP contribution in [0.5, 0.6) is 0 Å². The molecule has 0 radical (unpaired) electrons. The number of hydrogen-bond acceptors (Lipinski definition) is 5. The summed E-state index contributed by atoms with van der Waals surface area (Å²) in [4.78, 5) is 2.66. The lowest BCUT2D eigenvalue weighted by Gasteiger charge is -2.19. The van der Waals surface area contributed by atoms with Gasteiger partial charge in [0.15, 0.2) is 0 Å². The number of benzene rings is 1. The third-order valence-electron chi connectivity index (χ3n) is 6.69. The fourth-order valence-corrected chi connectivity index (χ4v) is 5.24. The predicted octanol–water partition coefficient (Wildman–Crippen LogP) is 3.55. The Hall–Kier alpha value is -2.73. The highest BCUT2D eigenvalue weighted by molar-refractivity contribution is 5.61. The summed E-state index contributed by atoms with van der Waals surface area (Å²) in [6, 6.07) is 15.4. The van der Waals surface area contributed by atoms with Crippen LogP contribution in [0.1, 0.15) is 24.1 Å². The molecule has 0 unspecified atom stereocenters. The van der Waals surface area contributed by atoms with Crippen LogP contribution in [0.2, 0.25) is 0 Å². The van der Waals surface area contributed by atoms with E-state index in [1.54, 1.807) is 0 Å². The van der Waals surface area contributed by atoms with Gasteiger partial charge >= 0.3 is 0 Å². The molecule has 1 aliphatic carbocycles. The maximum atomic E-state index is 4.43. The van der Waals surface area contributed by atoms with E-state index >= 15 is 0 Å². The van der Waals surface area contributed by atoms with Crippen LogP contribution >= 0.6 is 0 Å².